The maximum atomic E-state index is 12.1. The third-order valence-electron chi connectivity index (χ3n) is 2.69. The van der Waals surface area contributed by atoms with Gasteiger partial charge in [-0.05, 0) is 47.0 Å². The standard InChI is InChI=1S/C14H18BrNO3/c1-3-4-5-10(9-17)16-14(18)12-8-11(19-2)6-7-13(12)15/h3,6-8,10,17H,1,4-5,9H2,2H3,(H,16,18)/t10-/m0/s1. The Balaban J connectivity index is 2.78. The van der Waals surface area contributed by atoms with Gasteiger partial charge in [-0.3, -0.25) is 4.79 Å². The first-order valence-electron chi connectivity index (χ1n) is 5.98. The third kappa shape index (κ3) is 4.69. The number of carbonyl (C=O) groups is 1. The fourth-order valence-electron chi connectivity index (χ4n) is 1.60. The minimum atomic E-state index is -0.274. The highest BCUT2D eigenvalue weighted by molar-refractivity contribution is 9.10. The zero-order valence-corrected chi connectivity index (χ0v) is 12.4. The van der Waals surface area contributed by atoms with Crippen LogP contribution in [0.2, 0.25) is 0 Å². The SMILES string of the molecule is C=CCC[C@@H](CO)NC(=O)c1cc(OC)ccc1Br. The molecule has 0 saturated carbocycles. The molecular formula is C14H18BrNO3. The second-order valence-electron chi connectivity index (χ2n) is 4.06. The zero-order chi connectivity index (χ0) is 14.3. The highest BCUT2D eigenvalue weighted by Crippen LogP contribution is 2.22. The first kappa shape index (κ1) is 15.7. The Morgan fingerprint density at radius 3 is 2.95 bits per heavy atom. The summed E-state index contributed by atoms with van der Waals surface area (Å²) in [4.78, 5) is 12.1. The highest BCUT2D eigenvalue weighted by Gasteiger charge is 2.15. The maximum absolute atomic E-state index is 12.1. The van der Waals surface area contributed by atoms with Crippen LogP contribution in [0.3, 0.4) is 0 Å². The summed E-state index contributed by atoms with van der Waals surface area (Å²) in [5.74, 6) is 0.369. The number of benzene rings is 1. The molecule has 0 aromatic heterocycles. The molecular weight excluding hydrogens is 310 g/mol. The molecule has 1 aromatic carbocycles. The van der Waals surface area contributed by atoms with Crippen LogP contribution >= 0.6 is 15.9 Å². The minimum absolute atomic E-state index is 0.0961. The molecule has 0 aliphatic carbocycles. The van der Waals surface area contributed by atoms with Crippen molar-refractivity contribution in [3.05, 3.63) is 40.9 Å². The van der Waals surface area contributed by atoms with Crippen LogP contribution in [0.25, 0.3) is 0 Å². The molecule has 2 N–H and O–H groups in total. The lowest BCUT2D eigenvalue weighted by molar-refractivity contribution is 0.0912. The topological polar surface area (TPSA) is 58.6 Å². The van der Waals surface area contributed by atoms with Crippen LogP contribution < -0.4 is 10.1 Å². The van der Waals surface area contributed by atoms with Crippen LogP contribution in [0.15, 0.2) is 35.3 Å². The van der Waals surface area contributed by atoms with E-state index in [2.05, 4.69) is 27.8 Å². The molecule has 5 heteroatoms. The minimum Gasteiger partial charge on any atom is -0.497 e. The smallest absolute Gasteiger partial charge is 0.252 e. The summed E-state index contributed by atoms with van der Waals surface area (Å²) in [6.07, 6.45) is 3.16. The van der Waals surface area contributed by atoms with E-state index in [-0.39, 0.29) is 18.6 Å². The predicted molar refractivity (Wildman–Crippen MR) is 78.5 cm³/mol. The molecule has 1 rings (SSSR count). The molecule has 0 aliphatic rings. The highest BCUT2D eigenvalue weighted by atomic mass is 79.9. The second-order valence-corrected chi connectivity index (χ2v) is 4.92. The van der Waals surface area contributed by atoms with Crippen LogP contribution in [0.1, 0.15) is 23.2 Å². The summed E-state index contributed by atoms with van der Waals surface area (Å²) in [5.41, 5.74) is 0.483. The molecule has 0 unspecified atom stereocenters. The average Bonchev–Trinajstić information content (AvgIpc) is 2.43. The number of ether oxygens (including phenoxy) is 1. The quantitative estimate of drug-likeness (QED) is 0.756. The van der Waals surface area contributed by atoms with Crippen molar-refractivity contribution in [1.29, 1.82) is 0 Å². The van der Waals surface area contributed by atoms with Gasteiger partial charge in [-0.2, -0.15) is 0 Å². The number of methoxy groups -OCH3 is 1. The van der Waals surface area contributed by atoms with Crippen LogP contribution in [-0.2, 0) is 0 Å². The van der Waals surface area contributed by atoms with Crippen LogP contribution in [-0.4, -0.2) is 30.8 Å². The van der Waals surface area contributed by atoms with Gasteiger partial charge in [0.25, 0.3) is 5.91 Å². The van der Waals surface area contributed by atoms with E-state index in [4.69, 9.17) is 4.74 Å². The number of aliphatic hydroxyl groups excluding tert-OH is 1. The maximum Gasteiger partial charge on any atom is 0.252 e. The molecule has 19 heavy (non-hydrogen) atoms. The second kappa shape index (κ2) is 7.96. The fourth-order valence-corrected chi connectivity index (χ4v) is 2.02. The first-order chi connectivity index (χ1) is 9.12. The molecule has 104 valence electrons. The van der Waals surface area contributed by atoms with Crippen molar-refractivity contribution < 1.29 is 14.6 Å². The number of carbonyl (C=O) groups excluding carboxylic acids is 1. The first-order valence-corrected chi connectivity index (χ1v) is 6.77. The van der Waals surface area contributed by atoms with E-state index in [1.54, 1.807) is 31.4 Å². The van der Waals surface area contributed by atoms with Gasteiger partial charge in [0.2, 0.25) is 0 Å². The van der Waals surface area contributed by atoms with E-state index in [0.717, 1.165) is 6.42 Å². The van der Waals surface area contributed by atoms with E-state index in [1.165, 1.54) is 0 Å². The number of aliphatic hydroxyl groups is 1. The summed E-state index contributed by atoms with van der Waals surface area (Å²) in [7, 11) is 1.55. The number of halogens is 1. The monoisotopic (exact) mass is 327 g/mol. The summed E-state index contributed by atoms with van der Waals surface area (Å²) in [5, 5.41) is 12.0. The molecule has 1 amide bonds. The van der Waals surface area contributed by atoms with Crippen molar-refractivity contribution in [3.63, 3.8) is 0 Å². The summed E-state index contributed by atoms with van der Waals surface area (Å²) in [6.45, 7) is 3.53. The Bertz CT molecular complexity index is 448. The summed E-state index contributed by atoms with van der Waals surface area (Å²) < 4.78 is 5.78. The van der Waals surface area contributed by atoms with E-state index >= 15 is 0 Å². The van der Waals surface area contributed by atoms with Crippen molar-refractivity contribution in [2.75, 3.05) is 13.7 Å². The van der Waals surface area contributed by atoms with Gasteiger partial charge in [0, 0.05) is 4.47 Å². The molecule has 0 bridgehead atoms. The van der Waals surface area contributed by atoms with Gasteiger partial charge in [0.1, 0.15) is 5.75 Å². The Labute approximate surface area is 121 Å². The zero-order valence-electron chi connectivity index (χ0n) is 10.9. The lowest BCUT2D eigenvalue weighted by atomic mass is 10.1. The summed E-state index contributed by atoms with van der Waals surface area (Å²) >= 11 is 3.33. The molecule has 0 fully saturated rings. The average molecular weight is 328 g/mol. The number of hydrogen-bond donors (Lipinski definition) is 2. The van der Waals surface area contributed by atoms with Gasteiger partial charge >= 0.3 is 0 Å². The predicted octanol–water partition coefficient (Wildman–Crippen LogP) is 2.51. The van der Waals surface area contributed by atoms with E-state index in [9.17, 15) is 9.90 Å². The van der Waals surface area contributed by atoms with Gasteiger partial charge in [0.05, 0.1) is 25.3 Å². The molecule has 1 aromatic rings. The fraction of sp³-hybridized carbons (Fsp3) is 0.357. The Kier molecular flexibility index (Phi) is 6.59. The lowest BCUT2D eigenvalue weighted by Gasteiger charge is -2.16. The Morgan fingerprint density at radius 1 is 1.63 bits per heavy atom. The molecule has 0 aliphatic heterocycles. The van der Waals surface area contributed by atoms with Gasteiger partial charge in [0.15, 0.2) is 0 Å². The van der Waals surface area contributed by atoms with Crippen molar-refractivity contribution in [1.82, 2.24) is 5.32 Å². The molecule has 0 radical (unpaired) electrons. The number of rotatable bonds is 7. The van der Waals surface area contributed by atoms with Gasteiger partial charge < -0.3 is 15.2 Å². The number of amides is 1. The van der Waals surface area contributed by atoms with Crippen molar-refractivity contribution in [3.8, 4) is 5.75 Å². The molecule has 4 nitrogen and oxygen atoms in total. The van der Waals surface area contributed by atoms with Gasteiger partial charge in [-0.1, -0.05) is 6.08 Å². The van der Waals surface area contributed by atoms with E-state index in [0.29, 0.717) is 22.2 Å². The number of allylic oxidation sites excluding steroid dienone is 1. The Hall–Kier alpha value is -1.33. The molecule has 0 heterocycles. The van der Waals surface area contributed by atoms with Crippen molar-refractivity contribution >= 4 is 21.8 Å². The van der Waals surface area contributed by atoms with Crippen LogP contribution in [0.4, 0.5) is 0 Å². The summed E-state index contributed by atoms with van der Waals surface area (Å²) in [6, 6.07) is 4.90. The number of nitrogens with one attached hydrogen (secondary N) is 1. The normalized spacial score (nSPS) is 11.7. The molecule has 1 atom stereocenters. The van der Waals surface area contributed by atoms with Gasteiger partial charge in [-0.15, -0.1) is 6.58 Å². The Morgan fingerprint density at radius 2 is 2.37 bits per heavy atom. The lowest BCUT2D eigenvalue weighted by Crippen LogP contribution is -2.37. The van der Waals surface area contributed by atoms with Crippen LogP contribution in [0, 0.1) is 0 Å². The van der Waals surface area contributed by atoms with E-state index < -0.39 is 0 Å². The van der Waals surface area contributed by atoms with Gasteiger partial charge in [-0.25, -0.2) is 0 Å². The van der Waals surface area contributed by atoms with Crippen LogP contribution in [0.5, 0.6) is 5.75 Å². The van der Waals surface area contributed by atoms with Crippen molar-refractivity contribution in [2.24, 2.45) is 0 Å². The molecule has 0 saturated heterocycles. The largest absolute Gasteiger partial charge is 0.497 e. The molecule has 0 spiro atoms. The third-order valence-corrected chi connectivity index (χ3v) is 3.38. The van der Waals surface area contributed by atoms with E-state index in [1.807, 2.05) is 0 Å². The van der Waals surface area contributed by atoms with Crippen molar-refractivity contribution in [2.45, 2.75) is 18.9 Å². The number of hydrogen-bond acceptors (Lipinski definition) is 3.